The van der Waals surface area contributed by atoms with Crippen LogP contribution in [0.1, 0.15) is 10.6 Å². The molecule has 3 rings (SSSR count). The van der Waals surface area contributed by atoms with Crippen molar-refractivity contribution in [2.45, 2.75) is 13.8 Å². The number of anilines is 1. The molecule has 0 aromatic carbocycles. The second-order valence-electron chi connectivity index (χ2n) is 3.56. The highest BCUT2D eigenvalue weighted by Gasteiger charge is 2.20. The van der Waals surface area contributed by atoms with Gasteiger partial charge in [0.05, 0.1) is 11.4 Å². The minimum absolute atomic E-state index is 0.470. The molecule has 2 N–H and O–H groups in total. The molecule has 3 heterocycles. The van der Waals surface area contributed by atoms with Crippen LogP contribution in [0.5, 0.6) is 0 Å². The highest BCUT2D eigenvalue weighted by Crippen LogP contribution is 2.38. The average molecular weight is 235 g/mol. The average Bonchev–Trinajstić information content (AvgIpc) is 2.88. The molecule has 0 aliphatic rings. The van der Waals surface area contributed by atoms with Crippen molar-refractivity contribution in [3.05, 3.63) is 16.8 Å². The predicted octanol–water partition coefficient (Wildman–Crippen LogP) is 2.74. The van der Waals surface area contributed by atoms with Gasteiger partial charge in [-0.2, -0.15) is 0 Å². The van der Waals surface area contributed by atoms with Gasteiger partial charge in [-0.05, 0) is 13.8 Å². The molecule has 5 nitrogen and oxygen atoms in total. The van der Waals surface area contributed by atoms with Gasteiger partial charge in [-0.15, -0.1) is 11.3 Å². The lowest BCUT2D eigenvalue weighted by Crippen LogP contribution is -1.81. The van der Waals surface area contributed by atoms with E-state index in [0.717, 1.165) is 15.3 Å². The third-order valence-electron chi connectivity index (χ3n) is 2.35. The smallest absolute Gasteiger partial charge is 0.250 e. The van der Waals surface area contributed by atoms with E-state index in [0.29, 0.717) is 22.9 Å². The van der Waals surface area contributed by atoms with Gasteiger partial charge in [-0.25, -0.2) is 4.98 Å². The van der Waals surface area contributed by atoms with Crippen LogP contribution in [0.2, 0.25) is 0 Å². The molecule has 0 bridgehead atoms. The van der Waals surface area contributed by atoms with Crippen LogP contribution in [-0.4, -0.2) is 10.1 Å². The minimum Gasteiger partial charge on any atom is -0.443 e. The van der Waals surface area contributed by atoms with Crippen molar-refractivity contribution >= 4 is 27.3 Å². The number of nitrogens with zero attached hydrogens (tertiary/aromatic N) is 2. The Kier molecular flexibility index (Phi) is 1.81. The number of fused-ring (bicyclic) bond motifs is 1. The molecule has 3 aromatic heterocycles. The van der Waals surface area contributed by atoms with Crippen LogP contribution in [0.4, 0.5) is 5.69 Å². The third-order valence-corrected chi connectivity index (χ3v) is 3.46. The maximum atomic E-state index is 5.86. The standard InChI is InChI=1S/C10H9N3O2S/c1-4-3-14-10(12-4)7-9-8(15-13-7)6(11)5(2)16-9/h3H,11H2,1-2H3. The summed E-state index contributed by atoms with van der Waals surface area (Å²) in [6.07, 6.45) is 1.58. The molecule has 0 unspecified atom stereocenters. The molecule has 0 saturated heterocycles. The lowest BCUT2D eigenvalue weighted by atomic mass is 10.3. The number of rotatable bonds is 1. The Bertz CT molecular complexity index is 665. The summed E-state index contributed by atoms with van der Waals surface area (Å²) in [6, 6.07) is 0. The Morgan fingerprint density at radius 1 is 1.38 bits per heavy atom. The summed E-state index contributed by atoms with van der Waals surface area (Å²) in [5, 5.41) is 3.94. The van der Waals surface area contributed by atoms with Gasteiger partial charge in [-0.3, -0.25) is 0 Å². The van der Waals surface area contributed by atoms with Crippen LogP contribution in [0.25, 0.3) is 21.9 Å². The molecule has 3 aromatic rings. The van der Waals surface area contributed by atoms with E-state index in [2.05, 4.69) is 10.1 Å². The van der Waals surface area contributed by atoms with Gasteiger partial charge in [0.25, 0.3) is 0 Å². The van der Waals surface area contributed by atoms with Crippen LogP contribution < -0.4 is 5.73 Å². The number of nitrogens with two attached hydrogens (primary N) is 1. The monoisotopic (exact) mass is 235 g/mol. The highest BCUT2D eigenvalue weighted by atomic mass is 32.1. The van der Waals surface area contributed by atoms with Gasteiger partial charge in [0.15, 0.2) is 5.69 Å². The molecule has 0 aliphatic heterocycles. The fourth-order valence-corrected chi connectivity index (χ4v) is 2.48. The van der Waals surface area contributed by atoms with Crippen LogP contribution in [0.3, 0.4) is 0 Å². The Morgan fingerprint density at radius 2 is 2.19 bits per heavy atom. The first kappa shape index (κ1) is 9.41. The third kappa shape index (κ3) is 1.16. The van der Waals surface area contributed by atoms with E-state index < -0.39 is 0 Å². The Hall–Kier alpha value is -1.82. The van der Waals surface area contributed by atoms with Crippen molar-refractivity contribution in [1.82, 2.24) is 10.1 Å². The lowest BCUT2D eigenvalue weighted by molar-refractivity contribution is 0.454. The van der Waals surface area contributed by atoms with Gasteiger partial charge in [0.2, 0.25) is 11.5 Å². The highest BCUT2D eigenvalue weighted by molar-refractivity contribution is 7.20. The molecule has 6 heteroatoms. The van der Waals surface area contributed by atoms with Crippen molar-refractivity contribution in [2.75, 3.05) is 5.73 Å². The van der Waals surface area contributed by atoms with E-state index in [4.69, 9.17) is 14.7 Å². The summed E-state index contributed by atoms with van der Waals surface area (Å²) in [5.41, 5.74) is 8.55. The Balaban J connectivity index is 2.28. The zero-order valence-electron chi connectivity index (χ0n) is 8.77. The quantitative estimate of drug-likeness (QED) is 0.701. The van der Waals surface area contributed by atoms with Crippen LogP contribution in [0.15, 0.2) is 15.2 Å². The van der Waals surface area contributed by atoms with Crippen molar-refractivity contribution in [2.24, 2.45) is 0 Å². The Labute approximate surface area is 94.9 Å². The second kappa shape index (κ2) is 3.08. The summed E-state index contributed by atoms with van der Waals surface area (Å²) in [5.74, 6) is 0.470. The first-order valence-electron chi connectivity index (χ1n) is 4.73. The van der Waals surface area contributed by atoms with Crippen LogP contribution >= 0.6 is 11.3 Å². The molecule has 0 spiro atoms. The van der Waals surface area contributed by atoms with E-state index in [1.807, 2.05) is 13.8 Å². The normalized spacial score (nSPS) is 11.4. The summed E-state index contributed by atoms with van der Waals surface area (Å²) in [6.45, 7) is 3.80. The zero-order valence-corrected chi connectivity index (χ0v) is 9.59. The fraction of sp³-hybridized carbons (Fsp3) is 0.200. The minimum atomic E-state index is 0.470. The van der Waals surface area contributed by atoms with Gasteiger partial charge in [0.1, 0.15) is 11.0 Å². The van der Waals surface area contributed by atoms with E-state index in [9.17, 15) is 0 Å². The molecule has 0 aliphatic carbocycles. The largest absolute Gasteiger partial charge is 0.443 e. The van der Waals surface area contributed by atoms with Crippen LogP contribution in [0, 0.1) is 13.8 Å². The molecule has 16 heavy (non-hydrogen) atoms. The molecule has 0 saturated carbocycles. The van der Waals surface area contributed by atoms with Crippen molar-refractivity contribution in [1.29, 1.82) is 0 Å². The van der Waals surface area contributed by atoms with E-state index in [1.54, 1.807) is 6.26 Å². The van der Waals surface area contributed by atoms with E-state index >= 15 is 0 Å². The summed E-state index contributed by atoms with van der Waals surface area (Å²) in [7, 11) is 0. The van der Waals surface area contributed by atoms with Gasteiger partial charge >= 0.3 is 0 Å². The molecule has 0 amide bonds. The van der Waals surface area contributed by atoms with Crippen molar-refractivity contribution in [3.63, 3.8) is 0 Å². The van der Waals surface area contributed by atoms with Gasteiger partial charge in [0, 0.05) is 4.88 Å². The van der Waals surface area contributed by atoms with E-state index in [1.165, 1.54) is 11.3 Å². The lowest BCUT2D eigenvalue weighted by Gasteiger charge is -1.85. The maximum absolute atomic E-state index is 5.86. The molecular weight excluding hydrogens is 226 g/mol. The second-order valence-corrected chi connectivity index (χ2v) is 4.78. The molecule has 0 atom stereocenters. The fourth-order valence-electron chi connectivity index (χ4n) is 1.51. The number of nitrogen functional groups attached to an aromatic ring is 1. The molecular formula is C10H9N3O2S. The van der Waals surface area contributed by atoms with Crippen molar-refractivity contribution < 1.29 is 8.94 Å². The first-order chi connectivity index (χ1) is 7.66. The summed E-state index contributed by atoms with van der Waals surface area (Å²) < 4.78 is 11.4. The van der Waals surface area contributed by atoms with Gasteiger partial charge in [-0.1, -0.05) is 5.16 Å². The van der Waals surface area contributed by atoms with Crippen LogP contribution in [-0.2, 0) is 0 Å². The Morgan fingerprint density at radius 3 is 2.88 bits per heavy atom. The molecule has 0 radical (unpaired) electrons. The zero-order chi connectivity index (χ0) is 11.3. The number of hydrogen-bond acceptors (Lipinski definition) is 6. The number of thiophene rings is 1. The molecule has 0 fully saturated rings. The topological polar surface area (TPSA) is 78.1 Å². The number of hydrogen-bond donors (Lipinski definition) is 1. The number of aromatic nitrogens is 2. The van der Waals surface area contributed by atoms with E-state index in [-0.39, 0.29) is 0 Å². The summed E-state index contributed by atoms with van der Waals surface area (Å²) in [4.78, 5) is 5.23. The predicted molar refractivity (Wildman–Crippen MR) is 61.3 cm³/mol. The van der Waals surface area contributed by atoms with Crippen molar-refractivity contribution in [3.8, 4) is 11.6 Å². The number of aryl methyl sites for hydroxylation is 2. The number of oxazole rings is 1. The van der Waals surface area contributed by atoms with Gasteiger partial charge < -0.3 is 14.7 Å². The molecule has 82 valence electrons. The maximum Gasteiger partial charge on any atom is 0.250 e. The first-order valence-corrected chi connectivity index (χ1v) is 5.55. The SMILES string of the molecule is Cc1coc(-c2noc3c(N)c(C)sc23)n1. The summed E-state index contributed by atoms with van der Waals surface area (Å²) >= 11 is 1.53.